The molecule has 6 aliphatic heterocycles. The SMILES string of the molecule is COc1c(N2CCNCC2)c(F)cc2c(=O)c(C(=O)O)cn(Cc3ccc(-c4ccccc4)cc3)c12.COc1c(N2CCNCC2)c(F)cc2c(=O)c(C(=O)O)cn(Cc3ccc4ccccc4c3)c12.COc1c(N2C[C@@H]3CCCN[C@@H]3C2)c(F)cc2c(=O)c(C(=O)O)cn(Cc3ccc(-c4ccccc4)cc3)c12.COc1c(N2C[C@@H]3CCCN[C@@H]3C2)c(F)cc2c(=O)c(C(=O)O)cn(Cc3ccc4ccccc4c3)c12. The molecule has 10 heterocycles. The molecule has 8 N–H and O–H groups in total. The number of piperidine rings is 2. The largest absolute Gasteiger partial charge is 0.492 e. The Balaban J connectivity index is 0.000000123. The van der Waals surface area contributed by atoms with Crippen LogP contribution < -0.4 is 81.5 Å². The molecule has 0 amide bonds. The summed E-state index contributed by atoms with van der Waals surface area (Å²) in [6.45, 7) is 10.8. The van der Waals surface area contributed by atoms with E-state index in [1.807, 2.05) is 214 Å². The average molecular weight is 1980 g/mol. The van der Waals surface area contributed by atoms with Gasteiger partial charge in [-0.05, 0) is 153 Å². The number of aromatic carboxylic acids is 4. The Labute approximate surface area is 835 Å². The number of aromatic nitrogens is 4. The number of hydrogen-bond donors (Lipinski definition) is 8. The van der Waals surface area contributed by atoms with Crippen molar-refractivity contribution in [2.45, 2.75) is 63.9 Å². The Morgan fingerprint density at radius 3 is 0.870 bits per heavy atom. The molecule has 0 bridgehead atoms. The minimum Gasteiger partial charge on any atom is -0.492 e. The highest BCUT2D eigenvalue weighted by molar-refractivity contribution is 6.02. The van der Waals surface area contributed by atoms with Crippen LogP contribution in [0.1, 0.15) is 89.4 Å². The van der Waals surface area contributed by atoms with Crippen LogP contribution >= 0.6 is 0 Å². The second kappa shape index (κ2) is 42.8. The van der Waals surface area contributed by atoms with Gasteiger partial charge in [-0.25, -0.2) is 36.7 Å². The van der Waals surface area contributed by atoms with Gasteiger partial charge in [0.05, 0.1) is 72.1 Å². The Morgan fingerprint density at radius 1 is 0.315 bits per heavy atom. The van der Waals surface area contributed by atoms with Gasteiger partial charge >= 0.3 is 23.9 Å². The molecular formula is C114H108F4N12O16. The lowest BCUT2D eigenvalue weighted by Gasteiger charge is -2.31. The molecule has 4 aromatic heterocycles. The lowest BCUT2D eigenvalue weighted by Crippen LogP contribution is -2.44. The zero-order chi connectivity index (χ0) is 102. The summed E-state index contributed by atoms with van der Waals surface area (Å²) >= 11 is 0. The van der Waals surface area contributed by atoms with Crippen LogP contribution in [0.4, 0.5) is 40.3 Å². The zero-order valence-corrected chi connectivity index (χ0v) is 80.7. The highest BCUT2D eigenvalue weighted by Gasteiger charge is 2.41. The number of nitrogens with one attached hydrogen (secondary N) is 4. The van der Waals surface area contributed by atoms with E-state index < -0.39 is 91.1 Å². The number of pyridine rings is 4. The molecule has 0 saturated carbocycles. The molecule has 0 unspecified atom stereocenters. The lowest BCUT2D eigenvalue weighted by molar-refractivity contribution is 0.0684. The molecule has 32 heteroatoms. The molecule has 0 radical (unpaired) electrons. The van der Waals surface area contributed by atoms with Crippen LogP contribution in [0, 0.1) is 35.1 Å². The first-order chi connectivity index (χ1) is 70.8. The van der Waals surface area contributed by atoms with Crippen molar-refractivity contribution in [3.63, 3.8) is 0 Å². The zero-order valence-electron chi connectivity index (χ0n) is 80.7. The maximum Gasteiger partial charge on any atom is 0.341 e. The van der Waals surface area contributed by atoms with Gasteiger partial charge in [0.15, 0.2) is 46.3 Å². The smallest absolute Gasteiger partial charge is 0.341 e. The third kappa shape index (κ3) is 19.9. The number of nitrogens with zero attached hydrogens (tertiary/aromatic N) is 8. The number of anilines is 4. The number of piperazine rings is 2. The van der Waals surface area contributed by atoms with E-state index in [-0.39, 0.29) is 94.2 Å². The topological polar surface area (TPSA) is 335 Å². The molecule has 0 spiro atoms. The van der Waals surface area contributed by atoms with Gasteiger partial charge < -0.3 is 98.5 Å². The highest BCUT2D eigenvalue weighted by Crippen LogP contribution is 2.47. The van der Waals surface area contributed by atoms with E-state index in [1.54, 1.807) is 18.3 Å². The summed E-state index contributed by atoms with van der Waals surface area (Å²) in [6.07, 6.45) is 9.68. The Morgan fingerprint density at radius 2 is 0.582 bits per heavy atom. The molecule has 22 rings (SSSR count). The molecule has 12 aromatic carbocycles. The minimum atomic E-state index is -1.36. The van der Waals surface area contributed by atoms with Crippen molar-refractivity contribution >= 4 is 112 Å². The fourth-order valence-electron chi connectivity index (χ4n) is 21.6. The van der Waals surface area contributed by atoms with E-state index >= 15 is 17.6 Å². The van der Waals surface area contributed by atoms with Gasteiger partial charge in [0, 0.05) is 142 Å². The molecule has 28 nitrogen and oxygen atoms in total. The van der Waals surface area contributed by atoms with Gasteiger partial charge in [-0.15, -0.1) is 0 Å². The molecule has 0 aliphatic carbocycles. The van der Waals surface area contributed by atoms with Crippen molar-refractivity contribution in [3.8, 4) is 45.3 Å². The van der Waals surface area contributed by atoms with E-state index in [0.717, 1.165) is 117 Å². The van der Waals surface area contributed by atoms with Crippen molar-refractivity contribution in [2.75, 3.05) is 140 Å². The van der Waals surface area contributed by atoms with Crippen LogP contribution in [0.25, 0.3) is 87.4 Å². The standard InChI is InChI=1S/C31H30FN3O4.C29H28FN3O4.C28H26FN3O4.C26H24FN3O4/c1-39-30-27-23(14-25(32)28(30)35-16-22-8-5-13-33-26(22)18-35)29(36)24(31(37)38)17-34(27)15-19-9-11-21(12-10-19)20-6-3-2-4-7-20;1-37-28-25-21(12-23(30)26(28)33-14-20-7-4-10-31-24(20)16-33)27(34)22(29(35)36)15-32(25)13-17-8-9-18-5-2-3-6-19(18)11-17;1-36-27-24-21(15-23(29)25(27)31-13-11-30-12-14-31)26(33)22(28(34)35)17-32(24)16-18-7-9-20(10-8-18)19-5-3-2-4-6-19;1-34-25-22-19(13-21(27)23(25)29-10-8-28-9-11-29)24(31)20(26(32)33)15-30(22)14-16-6-7-17-4-2-3-5-18(17)12-16/h2-4,6-7,9-12,14,17,22,26,33H,5,8,13,15-16,18H2,1H3,(H,37,38);2-3,5-6,8-9,11-12,15,20,24,31H,4,7,10,13-14,16H2,1H3,(H,35,36);2-10,15,17,30H,11-14,16H2,1H3,(H,34,35);2-7,12-13,15,28H,8-11,14H2,1H3,(H,32,33)/t22-,26+;20-,24+;;/m00../s1. The second-order valence-electron chi connectivity index (χ2n) is 37.5. The van der Waals surface area contributed by atoms with Crippen LogP contribution in [-0.4, -0.2) is 195 Å². The van der Waals surface area contributed by atoms with Gasteiger partial charge in [0.1, 0.15) is 45.0 Å². The molecule has 6 aliphatic rings. The first-order valence-corrected chi connectivity index (χ1v) is 48.6. The Bertz CT molecular complexity index is 7990. The maximum atomic E-state index is 15.7. The second-order valence-corrected chi connectivity index (χ2v) is 37.5. The number of carboxylic acid groups (broad SMARTS) is 4. The number of rotatable bonds is 22. The summed E-state index contributed by atoms with van der Waals surface area (Å²) < 4.78 is 91.9. The van der Waals surface area contributed by atoms with E-state index in [4.69, 9.17) is 18.9 Å². The first-order valence-electron chi connectivity index (χ1n) is 48.6. The van der Waals surface area contributed by atoms with Crippen molar-refractivity contribution in [1.82, 2.24) is 39.5 Å². The number of ether oxygens (including phenoxy) is 4. The predicted octanol–water partition coefficient (Wildman–Crippen LogP) is 16.4. The van der Waals surface area contributed by atoms with Gasteiger partial charge in [0.25, 0.3) is 0 Å². The Hall–Kier alpha value is -16.2. The number of benzene rings is 12. The molecule has 6 saturated heterocycles. The van der Waals surface area contributed by atoms with E-state index in [1.165, 1.54) is 65.4 Å². The van der Waals surface area contributed by atoms with Crippen molar-refractivity contribution in [2.24, 2.45) is 11.8 Å². The third-order valence-corrected chi connectivity index (χ3v) is 28.6. The summed E-state index contributed by atoms with van der Waals surface area (Å²) in [6, 6.07) is 68.9. The van der Waals surface area contributed by atoms with Gasteiger partial charge in [-0.2, -0.15) is 0 Å². The fraction of sp³-hybridized carbons (Fsp3) is 0.263. The minimum absolute atomic E-state index is 0.00599. The summed E-state index contributed by atoms with van der Waals surface area (Å²) in [5.74, 6) is -6.02. The summed E-state index contributed by atoms with van der Waals surface area (Å²) in [7, 11) is 5.81. The van der Waals surface area contributed by atoms with Gasteiger partial charge in [-0.1, -0.05) is 182 Å². The summed E-state index contributed by atoms with van der Waals surface area (Å²) in [4.78, 5) is 108. The number of methoxy groups -OCH3 is 4. The van der Waals surface area contributed by atoms with Crippen molar-refractivity contribution in [3.05, 3.63) is 352 Å². The lowest BCUT2D eigenvalue weighted by atomic mass is 9.94. The van der Waals surface area contributed by atoms with Crippen LogP contribution in [0.5, 0.6) is 23.0 Å². The molecule has 16 aromatic rings. The van der Waals surface area contributed by atoms with E-state index in [9.17, 15) is 58.8 Å². The molecule has 146 heavy (non-hydrogen) atoms. The van der Waals surface area contributed by atoms with Crippen LogP contribution in [0.15, 0.2) is 262 Å². The average Bonchev–Trinajstić information content (AvgIpc) is 1.27. The van der Waals surface area contributed by atoms with Gasteiger partial charge in [-0.3, -0.25) is 19.2 Å². The number of carbonyl (C=O) groups is 4. The quantitative estimate of drug-likeness (QED) is 0.0292. The van der Waals surface area contributed by atoms with Crippen molar-refractivity contribution < 1.29 is 76.1 Å². The van der Waals surface area contributed by atoms with Crippen LogP contribution in [-0.2, 0) is 26.2 Å². The highest BCUT2D eigenvalue weighted by atomic mass is 19.1. The number of halogens is 4. The summed E-state index contributed by atoms with van der Waals surface area (Å²) in [5, 5.41) is 56.6. The molecular weight excluding hydrogens is 1870 g/mol. The van der Waals surface area contributed by atoms with Gasteiger partial charge in [0.2, 0.25) is 21.7 Å². The number of carboxylic acids is 4. The van der Waals surface area contributed by atoms with Crippen LogP contribution in [0.2, 0.25) is 0 Å². The normalized spacial score (nSPS) is 16.5. The predicted molar refractivity (Wildman–Crippen MR) is 558 cm³/mol. The third-order valence-electron chi connectivity index (χ3n) is 28.6. The first kappa shape index (κ1) is 98.6. The van der Waals surface area contributed by atoms with Crippen LogP contribution in [0.3, 0.4) is 0 Å². The number of fused-ring (bicyclic) bond motifs is 8. The summed E-state index contributed by atoms with van der Waals surface area (Å²) in [5.41, 5.74) is 6.08. The maximum absolute atomic E-state index is 15.7. The fourth-order valence-corrected chi connectivity index (χ4v) is 21.6. The molecule has 4 atom stereocenters. The molecule has 6 fully saturated rings. The van der Waals surface area contributed by atoms with Crippen molar-refractivity contribution in [1.29, 1.82) is 0 Å². The van der Waals surface area contributed by atoms with E-state index in [0.29, 0.717) is 124 Å². The van der Waals surface area contributed by atoms with E-state index in [2.05, 4.69) is 21.3 Å². The Kier molecular flexibility index (Phi) is 28.9. The number of hydrogen-bond acceptors (Lipinski definition) is 20. The molecule has 748 valence electrons. The monoisotopic (exact) mass is 1980 g/mol.